The summed E-state index contributed by atoms with van der Waals surface area (Å²) in [5.74, 6) is -4.03. The highest BCUT2D eigenvalue weighted by Gasteiger charge is 2.64. The lowest BCUT2D eigenvalue weighted by Gasteiger charge is -2.54. The molecule has 13 heteroatoms. The van der Waals surface area contributed by atoms with E-state index in [9.17, 15) is 19.8 Å². The van der Waals surface area contributed by atoms with Crippen LogP contribution >= 0.6 is 0 Å². The number of ketones is 1. The van der Waals surface area contributed by atoms with Crippen LogP contribution < -0.4 is 0 Å². The zero-order valence-corrected chi connectivity index (χ0v) is 36.8. The summed E-state index contributed by atoms with van der Waals surface area (Å²) in [5, 5.41) is 31.1. The second kappa shape index (κ2) is 17.6. The Kier molecular flexibility index (Phi) is 13.7. The zero-order valence-electron chi connectivity index (χ0n) is 36.8. The average molecular weight is 817 g/mol. The summed E-state index contributed by atoms with van der Waals surface area (Å²) in [5.41, 5.74) is -1.68. The molecule has 0 aliphatic carbocycles. The summed E-state index contributed by atoms with van der Waals surface area (Å²) in [7, 11) is 0. The molecule has 0 saturated carbocycles. The van der Waals surface area contributed by atoms with Crippen LogP contribution in [0.15, 0.2) is 23.0 Å². The van der Waals surface area contributed by atoms with Crippen molar-refractivity contribution in [2.24, 2.45) is 35.5 Å². The molecule has 2 N–H and O–H groups in total. The van der Waals surface area contributed by atoms with Crippen molar-refractivity contribution in [2.75, 3.05) is 0 Å². The first-order valence-electron chi connectivity index (χ1n) is 22.3. The van der Waals surface area contributed by atoms with Gasteiger partial charge in [0, 0.05) is 37.0 Å². The third-order valence-corrected chi connectivity index (χ3v) is 15.1. The molecule has 5 aliphatic rings. The van der Waals surface area contributed by atoms with Crippen LogP contribution in [0.5, 0.6) is 0 Å². The van der Waals surface area contributed by atoms with Crippen LogP contribution in [-0.4, -0.2) is 97.7 Å². The first kappa shape index (κ1) is 45.3. The van der Waals surface area contributed by atoms with Gasteiger partial charge in [-0.05, 0) is 95.6 Å². The van der Waals surface area contributed by atoms with Crippen molar-refractivity contribution >= 4 is 11.8 Å². The van der Waals surface area contributed by atoms with E-state index in [2.05, 4.69) is 37.9 Å². The predicted octanol–water partition coefficient (Wildman–Crippen LogP) is 7.22. The molecule has 0 radical (unpaired) electrons. The number of nitrogens with zero attached hydrogens (tertiary/aromatic N) is 2. The van der Waals surface area contributed by atoms with Gasteiger partial charge in [-0.1, -0.05) is 55.4 Å². The minimum absolute atomic E-state index is 0.0118. The topological polar surface area (TPSA) is 169 Å². The van der Waals surface area contributed by atoms with E-state index in [1.165, 1.54) is 13.3 Å². The summed E-state index contributed by atoms with van der Waals surface area (Å²) in [4.78, 5) is 27.1. The molecule has 6 rings (SSSR count). The number of aliphatic hydroxyl groups excluding tert-OH is 1. The SMILES string of the molecule is CCC(C(=O)C(C)C(O)C(C)C1OC(C(CC)c2nnco2)CCC1C)C1OC2(C=CC(OC(C)=O)C3(CCC(C)(C4CCC(O)(CC)C(C)O4)O3)O2)C(C)CC1C. The smallest absolute Gasteiger partial charge is 0.303 e. The number of hydrogen-bond acceptors (Lipinski definition) is 13. The van der Waals surface area contributed by atoms with Crippen LogP contribution in [0.2, 0.25) is 0 Å². The fourth-order valence-corrected chi connectivity index (χ4v) is 11.1. The molecule has 13 nitrogen and oxygen atoms in total. The first-order chi connectivity index (χ1) is 27.4. The lowest BCUT2D eigenvalue weighted by Crippen LogP contribution is -2.63. The molecule has 4 fully saturated rings. The van der Waals surface area contributed by atoms with E-state index in [4.69, 9.17) is 32.8 Å². The van der Waals surface area contributed by atoms with Crippen LogP contribution in [0, 0.1) is 35.5 Å². The van der Waals surface area contributed by atoms with Crippen LogP contribution in [0.25, 0.3) is 0 Å². The van der Waals surface area contributed by atoms with E-state index in [0.29, 0.717) is 50.8 Å². The maximum Gasteiger partial charge on any atom is 0.303 e. The molecule has 18 unspecified atom stereocenters. The van der Waals surface area contributed by atoms with Crippen molar-refractivity contribution in [1.29, 1.82) is 0 Å². The molecule has 2 spiro atoms. The number of aliphatic hydroxyl groups is 2. The van der Waals surface area contributed by atoms with E-state index in [1.54, 1.807) is 0 Å². The standard InChI is InChI=1S/C45H72N2O11/c1-12-32(41-47-46-24-52-41)34-16-15-25(4)39(55-34)29(8)37(49)28(7)38(50)33(13-2)40-26(5)23-27(6)44(56-40)20-18-36(54-31(10)48)45(58-44)22-21-42(11,57-45)35-17-19-43(51,14-3)30(9)53-35/h18,20,24-30,32-37,39-40,49,51H,12-17,19,21-23H2,1-11H3. The van der Waals surface area contributed by atoms with Gasteiger partial charge < -0.3 is 43.1 Å². The summed E-state index contributed by atoms with van der Waals surface area (Å²) in [6.07, 6.45) is 8.27. The number of hydrogen-bond donors (Lipinski definition) is 2. The Labute approximate surface area is 345 Å². The molecule has 328 valence electrons. The zero-order chi connectivity index (χ0) is 42.4. The summed E-state index contributed by atoms with van der Waals surface area (Å²) in [6.45, 7) is 21.5. The van der Waals surface area contributed by atoms with Crippen LogP contribution in [0.4, 0.5) is 0 Å². The van der Waals surface area contributed by atoms with Crippen molar-refractivity contribution in [3.63, 3.8) is 0 Å². The Morgan fingerprint density at radius 3 is 2.33 bits per heavy atom. The van der Waals surface area contributed by atoms with Gasteiger partial charge in [0.1, 0.15) is 5.78 Å². The number of rotatable bonds is 13. The van der Waals surface area contributed by atoms with Gasteiger partial charge in [-0.15, -0.1) is 10.2 Å². The average Bonchev–Trinajstić information content (AvgIpc) is 3.85. The lowest BCUT2D eigenvalue weighted by molar-refractivity contribution is -0.409. The minimum atomic E-state index is -1.36. The van der Waals surface area contributed by atoms with E-state index in [1.807, 2.05) is 53.7 Å². The molecule has 6 heterocycles. The number of ether oxygens (including phenoxy) is 6. The fraction of sp³-hybridized carbons (Fsp3) is 0.867. The van der Waals surface area contributed by atoms with E-state index in [0.717, 1.165) is 19.3 Å². The Hall–Kier alpha value is -2.26. The summed E-state index contributed by atoms with van der Waals surface area (Å²) < 4.78 is 45.9. The molecule has 0 bridgehead atoms. The molecule has 1 aromatic heterocycles. The van der Waals surface area contributed by atoms with Crippen molar-refractivity contribution in [2.45, 2.75) is 212 Å². The summed E-state index contributed by atoms with van der Waals surface area (Å²) >= 11 is 0. The number of carbonyl (C=O) groups excluding carboxylic acids is 2. The molecule has 4 saturated heterocycles. The highest BCUT2D eigenvalue weighted by molar-refractivity contribution is 5.84. The van der Waals surface area contributed by atoms with Gasteiger partial charge in [-0.3, -0.25) is 9.59 Å². The third kappa shape index (κ3) is 8.48. The summed E-state index contributed by atoms with van der Waals surface area (Å²) in [6, 6.07) is 0. The maximum atomic E-state index is 14.7. The van der Waals surface area contributed by atoms with Gasteiger partial charge in [0.2, 0.25) is 18.1 Å². The maximum absolute atomic E-state index is 14.7. The van der Waals surface area contributed by atoms with Gasteiger partial charge in [-0.25, -0.2) is 0 Å². The fourth-order valence-electron chi connectivity index (χ4n) is 11.1. The molecular formula is C45H72N2O11. The molecule has 0 aromatic carbocycles. The number of aromatic nitrogens is 2. The molecule has 1 aromatic rings. The molecule has 58 heavy (non-hydrogen) atoms. The van der Waals surface area contributed by atoms with Gasteiger partial charge >= 0.3 is 5.97 Å². The molecule has 18 atom stereocenters. The van der Waals surface area contributed by atoms with E-state index >= 15 is 0 Å². The molecule has 0 amide bonds. The third-order valence-electron chi connectivity index (χ3n) is 15.1. The molecular weight excluding hydrogens is 744 g/mol. The Balaban J connectivity index is 1.20. The number of Topliss-reactive ketones (excluding diaryl/α,β-unsaturated/α-hetero) is 1. The first-order valence-corrected chi connectivity index (χ1v) is 22.3. The van der Waals surface area contributed by atoms with Crippen LogP contribution in [0.3, 0.4) is 0 Å². The predicted molar refractivity (Wildman–Crippen MR) is 214 cm³/mol. The van der Waals surface area contributed by atoms with Crippen LogP contribution in [0.1, 0.15) is 152 Å². The number of esters is 1. The minimum Gasteiger partial charge on any atom is -0.453 e. The highest BCUT2D eigenvalue weighted by atomic mass is 16.8. The Morgan fingerprint density at radius 2 is 1.71 bits per heavy atom. The Bertz CT molecular complexity index is 1590. The quantitative estimate of drug-likeness (QED) is 0.151. The monoisotopic (exact) mass is 817 g/mol. The van der Waals surface area contributed by atoms with Gasteiger partial charge in [-0.2, -0.15) is 0 Å². The largest absolute Gasteiger partial charge is 0.453 e. The van der Waals surface area contributed by atoms with Crippen molar-refractivity contribution in [1.82, 2.24) is 10.2 Å². The highest BCUT2D eigenvalue weighted by Crippen LogP contribution is 2.54. The lowest BCUT2D eigenvalue weighted by atomic mass is 9.72. The van der Waals surface area contributed by atoms with Gasteiger partial charge in [0.25, 0.3) is 0 Å². The van der Waals surface area contributed by atoms with Crippen LogP contribution in [-0.2, 0) is 38.0 Å². The Morgan fingerprint density at radius 1 is 0.966 bits per heavy atom. The molecule has 5 aliphatic heterocycles. The van der Waals surface area contributed by atoms with Gasteiger partial charge in [0.15, 0.2) is 11.9 Å². The van der Waals surface area contributed by atoms with E-state index < -0.39 is 58.9 Å². The second-order valence-electron chi connectivity index (χ2n) is 18.9. The second-order valence-corrected chi connectivity index (χ2v) is 18.9. The number of carbonyl (C=O) groups is 2. The van der Waals surface area contributed by atoms with Crippen molar-refractivity contribution in [3.8, 4) is 0 Å². The van der Waals surface area contributed by atoms with Crippen molar-refractivity contribution < 1.29 is 52.6 Å². The van der Waals surface area contributed by atoms with Gasteiger partial charge in [0.05, 0.1) is 53.7 Å². The normalized spacial score (nSPS) is 43.2. The van der Waals surface area contributed by atoms with E-state index in [-0.39, 0.29) is 59.8 Å². The van der Waals surface area contributed by atoms with Crippen molar-refractivity contribution in [3.05, 3.63) is 24.4 Å².